The Balaban J connectivity index is 0.973. The second-order valence-corrected chi connectivity index (χ2v) is 25.6. The number of rotatable bonds is 12. The summed E-state index contributed by atoms with van der Waals surface area (Å²) in [6, 6.07) is 132. The van der Waals surface area contributed by atoms with Gasteiger partial charge in [-0.2, -0.15) is 0 Å². The van der Waals surface area contributed by atoms with E-state index in [0.717, 1.165) is 183 Å². The second-order valence-electron chi connectivity index (χ2n) is 25.6. The zero-order valence-electron chi connectivity index (χ0n) is 54.0. The summed E-state index contributed by atoms with van der Waals surface area (Å²) >= 11 is 0. The molecule has 0 aliphatic rings. The van der Waals surface area contributed by atoms with E-state index in [-0.39, 0.29) is 0 Å². The average molecular weight is 1260 g/mol. The molecule has 0 spiro atoms. The third kappa shape index (κ3) is 9.94. The number of pyridine rings is 2. The fraction of sp³-hybridized carbons (Fsp3) is 0. The molecule has 0 bridgehead atoms. The third-order valence-corrected chi connectivity index (χ3v) is 19.9. The Morgan fingerprint density at radius 2 is 0.444 bits per heavy atom. The van der Waals surface area contributed by atoms with Crippen molar-refractivity contribution >= 4 is 65.4 Å². The topological polar surface area (TPSA) is 40.6 Å². The molecule has 0 amide bonds. The van der Waals surface area contributed by atoms with Crippen molar-refractivity contribution in [3.8, 4) is 118 Å². The van der Waals surface area contributed by atoms with Gasteiger partial charge in [-0.05, 0) is 157 Å². The van der Waals surface area contributed by atoms with Crippen LogP contribution in [0.5, 0.6) is 0 Å². The maximum absolute atomic E-state index is 6.08. The summed E-state index contributed by atoms with van der Waals surface area (Å²) in [7, 11) is 0. The first kappa shape index (κ1) is 57.2. The normalized spacial score (nSPS) is 11.6. The number of benzene rings is 14. The number of hydrogen-bond donors (Lipinski definition) is 0. The third-order valence-electron chi connectivity index (χ3n) is 19.9. The molecular formula is C94H61N5. The van der Waals surface area contributed by atoms with Crippen LogP contribution in [0.4, 0.5) is 0 Å². The molecule has 0 saturated heterocycles. The first-order valence-electron chi connectivity index (χ1n) is 33.8. The molecule has 0 aliphatic carbocycles. The van der Waals surface area contributed by atoms with Crippen LogP contribution in [0.2, 0.25) is 0 Å². The molecule has 14 aromatic carbocycles. The predicted molar refractivity (Wildman–Crippen MR) is 414 cm³/mol. The predicted octanol–water partition coefficient (Wildman–Crippen LogP) is 24.8. The molecule has 0 saturated carbocycles. The fourth-order valence-electron chi connectivity index (χ4n) is 15.1. The molecule has 462 valence electrons. The van der Waals surface area contributed by atoms with Crippen molar-refractivity contribution in [2.75, 3.05) is 0 Å². The van der Waals surface area contributed by atoms with Crippen LogP contribution in [-0.2, 0) is 0 Å². The first-order chi connectivity index (χ1) is 49.1. The van der Waals surface area contributed by atoms with Crippen molar-refractivity contribution in [1.29, 1.82) is 0 Å². The van der Waals surface area contributed by atoms with Crippen LogP contribution in [-0.4, -0.2) is 23.7 Å². The summed E-state index contributed by atoms with van der Waals surface area (Å²) in [5.74, 6) is 0.784. The molecule has 0 N–H and O–H groups in total. The Bertz CT molecular complexity index is 5990. The SMILES string of the molecule is c1ccc(-c2ccc3c(c2)c2cc(-c4ccccc4)ccc2n3-c2cnc(-n3c4ccc(-c5ccccc5)cc4c4cc(-c5ccccc5)ccc43)c(-n3c4ccc(-c5ccccc5)cc4c4cc(-c5ccccc5)ccc43)c2-c2ccc(-c3cccc(-c4ccccc4)n3)cc2)cc1. The van der Waals surface area contributed by atoms with Crippen LogP contribution in [0.25, 0.3) is 183 Å². The van der Waals surface area contributed by atoms with Crippen molar-refractivity contribution in [1.82, 2.24) is 23.7 Å². The molecule has 5 heterocycles. The Morgan fingerprint density at radius 3 is 0.758 bits per heavy atom. The van der Waals surface area contributed by atoms with Gasteiger partial charge in [-0.25, -0.2) is 9.97 Å². The molecule has 0 unspecified atom stereocenters. The van der Waals surface area contributed by atoms with E-state index in [1.165, 1.54) is 0 Å². The smallest absolute Gasteiger partial charge is 0.162 e. The minimum Gasteiger partial charge on any atom is -0.307 e. The molecule has 5 aromatic heterocycles. The number of aromatic nitrogens is 5. The van der Waals surface area contributed by atoms with Crippen LogP contribution in [0.1, 0.15) is 0 Å². The molecule has 5 nitrogen and oxygen atoms in total. The maximum Gasteiger partial charge on any atom is 0.162 e. The Morgan fingerprint density at radius 1 is 0.192 bits per heavy atom. The highest BCUT2D eigenvalue weighted by molar-refractivity contribution is 6.16. The van der Waals surface area contributed by atoms with E-state index < -0.39 is 0 Å². The van der Waals surface area contributed by atoms with E-state index in [1.54, 1.807) is 0 Å². The van der Waals surface area contributed by atoms with E-state index in [2.05, 4.69) is 384 Å². The van der Waals surface area contributed by atoms with Gasteiger partial charge >= 0.3 is 0 Å². The monoisotopic (exact) mass is 1260 g/mol. The van der Waals surface area contributed by atoms with E-state index in [0.29, 0.717) is 0 Å². The average Bonchev–Trinajstić information content (AvgIpc) is 1.58. The van der Waals surface area contributed by atoms with Gasteiger partial charge in [0.1, 0.15) is 0 Å². The van der Waals surface area contributed by atoms with Crippen LogP contribution < -0.4 is 0 Å². The van der Waals surface area contributed by atoms with Gasteiger partial charge in [-0.15, -0.1) is 0 Å². The highest BCUT2D eigenvalue weighted by Crippen LogP contribution is 2.49. The summed E-state index contributed by atoms with van der Waals surface area (Å²) in [6.07, 6.45) is 2.16. The minimum atomic E-state index is 0.784. The fourth-order valence-corrected chi connectivity index (χ4v) is 15.1. The van der Waals surface area contributed by atoms with Gasteiger partial charge in [0.25, 0.3) is 0 Å². The lowest BCUT2D eigenvalue weighted by Crippen LogP contribution is -2.11. The largest absolute Gasteiger partial charge is 0.307 e. The summed E-state index contributed by atoms with van der Waals surface area (Å²) < 4.78 is 7.47. The van der Waals surface area contributed by atoms with E-state index in [9.17, 15) is 0 Å². The molecule has 19 rings (SSSR count). The summed E-state index contributed by atoms with van der Waals surface area (Å²) in [5.41, 5.74) is 27.9. The van der Waals surface area contributed by atoms with Crippen LogP contribution in [0, 0.1) is 0 Å². The highest BCUT2D eigenvalue weighted by Gasteiger charge is 2.29. The van der Waals surface area contributed by atoms with Crippen molar-refractivity contribution in [2.45, 2.75) is 0 Å². The zero-order chi connectivity index (χ0) is 65.3. The van der Waals surface area contributed by atoms with Crippen LogP contribution >= 0.6 is 0 Å². The highest BCUT2D eigenvalue weighted by atomic mass is 15.1. The lowest BCUT2D eigenvalue weighted by molar-refractivity contribution is 1.01. The number of fused-ring (bicyclic) bond motifs is 9. The van der Waals surface area contributed by atoms with Gasteiger partial charge in [0.2, 0.25) is 0 Å². The number of nitrogens with zero attached hydrogens (tertiary/aromatic N) is 5. The molecule has 0 atom stereocenters. The van der Waals surface area contributed by atoms with Gasteiger partial charge in [0, 0.05) is 49.0 Å². The molecule has 0 fully saturated rings. The Hall–Kier alpha value is -13.2. The Kier molecular flexibility index (Phi) is 13.8. The number of hydrogen-bond acceptors (Lipinski definition) is 2. The van der Waals surface area contributed by atoms with Gasteiger partial charge in [0.05, 0.1) is 62.1 Å². The van der Waals surface area contributed by atoms with E-state index in [4.69, 9.17) is 9.97 Å². The summed E-state index contributed by atoms with van der Waals surface area (Å²) in [5, 5.41) is 6.81. The molecule has 19 aromatic rings. The van der Waals surface area contributed by atoms with Gasteiger partial charge < -0.3 is 9.13 Å². The summed E-state index contributed by atoms with van der Waals surface area (Å²) in [6.45, 7) is 0. The lowest BCUT2D eigenvalue weighted by Gasteiger charge is -2.24. The van der Waals surface area contributed by atoms with Gasteiger partial charge in [0.15, 0.2) is 5.82 Å². The standard InChI is InChI=1S/C94H61N5/c1-8-23-62(24-9-1)71-43-49-85-77(55-71)78-56-72(63-25-10-2-11-26-63)44-50-86(78)97(85)91-61-95-94(99-89-53-47-75(66-31-16-5-17-32-66)59-81(89)82-60-76(48-54-90(82)99)67-33-18-6-19-34-67)93(92(91)70-41-39-69(40-42-70)84-38-22-37-83(96-84)68-35-20-7-21-36-68)98-87-51-45-73(64-27-12-3-13-28-64)57-79(87)80-58-74(46-52-88(80)98)65-29-14-4-15-30-65/h1-61H. The molecule has 0 aliphatic heterocycles. The quantitative estimate of drug-likeness (QED) is 0.122. The minimum absolute atomic E-state index is 0.784. The summed E-state index contributed by atoms with van der Waals surface area (Å²) in [4.78, 5) is 11.4. The van der Waals surface area contributed by atoms with Crippen LogP contribution in [0.15, 0.2) is 370 Å². The van der Waals surface area contributed by atoms with Crippen LogP contribution in [0.3, 0.4) is 0 Å². The molecule has 99 heavy (non-hydrogen) atoms. The molecule has 5 heteroatoms. The zero-order valence-corrected chi connectivity index (χ0v) is 54.0. The van der Waals surface area contributed by atoms with Crippen molar-refractivity contribution < 1.29 is 0 Å². The molecule has 0 radical (unpaired) electrons. The van der Waals surface area contributed by atoms with Gasteiger partial charge in [-0.1, -0.05) is 279 Å². The van der Waals surface area contributed by atoms with Crippen molar-refractivity contribution in [2.24, 2.45) is 0 Å². The van der Waals surface area contributed by atoms with Crippen molar-refractivity contribution in [3.05, 3.63) is 370 Å². The van der Waals surface area contributed by atoms with E-state index in [1.807, 2.05) is 0 Å². The van der Waals surface area contributed by atoms with Gasteiger partial charge in [-0.3, -0.25) is 4.57 Å². The maximum atomic E-state index is 6.08. The first-order valence-corrected chi connectivity index (χ1v) is 33.8. The molecular weight excluding hydrogens is 1200 g/mol. The second kappa shape index (κ2) is 23.9. The Labute approximate surface area is 573 Å². The van der Waals surface area contributed by atoms with E-state index >= 15 is 0 Å². The lowest BCUT2D eigenvalue weighted by atomic mass is 9.98. The van der Waals surface area contributed by atoms with Crippen molar-refractivity contribution in [3.63, 3.8) is 0 Å².